The van der Waals surface area contributed by atoms with Gasteiger partial charge >= 0.3 is 0 Å². The van der Waals surface area contributed by atoms with E-state index >= 15 is 0 Å². The van der Waals surface area contributed by atoms with Crippen molar-refractivity contribution in [3.05, 3.63) is 29.8 Å². The van der Waals surface area contributed by atoms with Crippen molar-refractivity contribution in [1.82, 2.24) is 15.1 Å². The molecule has 5 rings (SSSR count). The van der Waals surface area contributed by atoms with E-state index in [2.05, 4.69) is 15.1 Å². The standard InChI is InChI=1S/C23H33N3O3.C2H4O2/c1-29-21-7-3-6-19(12-21)23(28)24-11-10-22(27)26-15-18-8-9-20(16-26)25(14-18)13-17-4-2-5-17;1-2(3)4/h3,6-7,12,17-18,20H,2,4-5,8-11,13-16H2,1H3,(H,24,28);1H3,(H,3,4)/t18-,20-;/m1./s1. The number of rotatable bonds is 7. The van der Waals surface area contributed by atoms with Crippen LogP contribution in [0.1, 0.15) is 55.8 Å². The Bertz CT molecular complexity index is 822. The van der Waals surface area contributed by atoms with Gasteiger partial charge in [-0.1, -0.05) is 12.5 Å². The molecule has 2 bridgehead atoms. The minimum Gasteiger partial charge on any atom is -0.497 e. The van der Waals surface area contributed by atoms with Crippen molar-refractivity contribution >= 4 is 17.8 Å². The van der Waals surface area contributed by atoms with Gasteiger partial charge in [-0.2, -0.15) is 0 Å². The number of benzene rings is 1. The highest BCUT2D eigenvalue weighted by Gasteiger charge is 2.37. The first-order valence-corrected chi connectivity index (χ1v) is 12.0. The zero-order valence-corrected chi connectivity index (χ0v) is 19.8. The van der Waals surface area contributed by atoms with E-state index in [0.717, 1.165) is 32.5 Å². The maximum atomic E-state index is 12.8. The van der Waals surface area contributed by atoms with Crippen molar-refractivity contribution in [3.8, 4) is 5.75 Å². The van der Waals surface area contributed by atoms with Crippen LogP contribution in [0, 0.1) is 11.8 Å². The number of aliphatic carboxylic acids is 1. The third-order valence-electron chi connectivity index (χ3n) is 6.85. The summed E-state index contributed by atoms with van der Waals surface area (Å²) in [7, 11) is 1.58. The highest BCUT2D eigenvalue weighted by Crippen LogP contribution is 2.33. The Morgan fingerprint density at radius 2 is 1.88 bits per heavy atom. The summed E-state index contributed by atoms with van der Waals surface area (Å²) in [6, 6.07) is 7.58. The molecule has 8 nitrogen and oxygen atoms in total. The van der Waals surface area contributed by atoms with Gasteiger partial charge in [0.15, 0.2) is 0 Å². The van der Waals surface area contributed by atoms with Crippen LogP contribution in [0.2, 0.25) is 0 Å². The Balaban J connectivity index is 0.000000709. The average molecular weight is 460 g/mol. The second-order valence-electron chi connectivity index (χ2n) is 9.40. The fourth-order valence-corrected chi connectivity index (χ4v) is 4.92. The van der Waals surface area contributed by atoms with Crippen LogP contribution < -0.4 is 10.1 Å². The van der Waals surface area contributed by atoms with E-state index in [1.54, 1.807) is 25.3 Å². The maximum Gasteiger partial charge on any atom is 0.300 e. The summed E-state index contributed by atoms with van der Waals surface area (Å²) in [6.45, 7) is 5.55. The number of fused-ring (bicyclic) bond motifs is 4. The molecule has 2 N–H and O–H groups in total. The van der Waals surface area contributed by atoms with Gasteiger partial charge in [-0.15, -0.1) is 0 Å². The summed E-state index contributed by atoms with van der Waals surface area (Å²) in [6.07, 6.45) is 6.96. The third-order valence-corrected chi connectivity index (χ3v) is 6.85. The number of nitrogens with zero attached hydrogens (tertiary/aromatic N) is 2. The molecule has 182 valence electrons. The molecule has 3 aliphatic heterocycles. The molecular weight excluding hydrogens is 422 g/mol. The number of carbonyl (C=O) groups excluding carboxylic acids is 2. The first-order valence-electron chi connectivity index (χ1n) is 12.0. The van der Waals surface area contributed by atoms with Gasteiger partial charge < -0.3 is 20.1 Å². The van der Waals surface area contributed by atoms with Gasteiger partial charge in [-0.05, 0) is 55.7 Å². The number of piperidine rings is 1. The molecule has 2 atom stereocenters. The lowest BCUT2D eigenvalue weighted by molar-refractivity contribution is -0.134. The molecular formula is C25H37N3O5. The Hall–Kier alpha value is -2.61. The number of hydrogen-bond acceptors (Lipinski definition) is 5. The molecule has 1 aliphatic carbocycles. The molecule has 4 fully saturated rings. The Labute approximate surface area is 196 Å². The van der Waals surface area contributed by atoms with Crippen LogP contribution in [-0.2, 0) is 9.59 Å². The van der Waals surface area contributed by atoms with Crippen LogP contribution in [0.3, 0.4) is 0 Å². The zero-order valence-electron chi connectivity index (χ0n) is 19.8. The smallest absolute Gasteiger partial charge is 0.300 e. The summed E-state index contributed by atoms with van der Waals surface area (Å²) >= 11 is 0. The molecule has 3 saturated heterocycles. The van der Waals surface area contributed by atoms with Crippen LogP contribution in [0.4, 0.5) is 0 Å². The molecule has 0 unspecified atom stereocenters. The topological polar surface area (TPSA) is 99.2 Å². The second kappa shape index (κ2) is 12.0. The summed E-state index contributed by atoms with van der Waals surface area (Å²) < 4.78 is 5.16. The van der Waals surface area contributed by atoms with E-state index in [9.17, 15) is 9.59 Å². The zero-order chi connectivity index (χ0) is 23.8. The van der Waals surface area contributed by atoms with Crippen LogP contribution in [0.25, 0.3) is 0 Å². The normalized spacial score (nSPS) is 22.4. The largest absolute Gasteiger partial charge is 0.497 e. The molecule has 33 heavy (non-hydrogen) atoms. The Morgan fingerprint density at radius 1 is 1.12 bits per heavy atom. The fraction of sp³-hybridized carbons (Fsp3) is 0.640. The van der Waals surface area contributed by atoms with Gasteiger partial charge in [0, 0.05) is 57.7 Å². The predicted octanol–water partition coefficient (Wildman–Crippen LogP) is 2.63. The monoisotopic (exact) mass is 459 g/mol. The van der Waals surface area contributed by atoms with Crippen molar-refractivity contribution in [1.29, 1.82) is 0 Å². The average Bonchev–Trinajstić information content (AvgIpc) is 3.08. The van der Waals surface area contributed by atoms with Crippen molar-refractivity contribution in [2.75, 3.05) is 39.8 Å². The summed E-state index contributed by atoms with van der Waals surface area (Å²) in [5.74, 6) is 1.30. The number of carboxylic acid groups (broad SMARTS) is 1. The van der Waals surface area contributed by atoms with Crippen LogP contribution >= 0.6 is 0 Å². The second-order valence-corrected chi connectivity index (χ2v) is 9.40. The molecule has 0 aromatic heterocycles. The van der Waals surface area contributed by atoms with E-state index in [1.807, 2.05) is 6.07 Å². The third kappa shape index (κ3) is 7.45. The number of nitrogens with one attached hydrogen (secondary N) is 1. The number of carboxylic acids is 1. The molecule has 8 heteroatoms. The number of hydrogen-bond donors (Lipinski definition) is 2. The maximum absolute atomic E-state index is 12.8. The van der Waals surface area contributed by atoms with Crippen molar-refractivity contribution < 1.29 is 24.2 Å². The van der Waals surface area contributed by atoms with Crippen LogP contribution in [0.15, 0.2) is 24.3 Å². The first-order chi connectivity index (χ1) is 15.9. The van der Waals surface area contributed by atoms with Gasteiger partial charge in [0.1, 0.15) is 5.75 Å². The number of ether oxygens (including phenoxy) is 1. The first kappa shape index (κ1) is 25.0. The summed E-state index contributed by atoms with van der Waals surface area (Å²) in [5.41, 5.74) is 0.552. The molecule has 0 spiro atoms. The number of methoxy groups -OCH3 is 1. The molecule has 2 amide bonds. The number of amides is 2. The highest BCUT2D eigenvalue weighted by molar-refractivity contribution is 5.94. The molecule has 1 saturated carbocycles. The van der Waals surface area contributed by atoms with Crippen molar-refractivity contribution in [3.63, 3.8) is 0 Å². The summed E-state index contributed by atoms with van der Waals surface area (Å²) in [4.78, 5) is 38.9. The van der Waals surface area contributed by atoms with Crippen molar-refractivity contribution in [2.24, 2.45) is 11.8 Å². The SMILES string of the molecule is CC(=O)O.COc1cccc(C(=O)NCCC(=O)N2C[C@@H]3CC[C@H](C2)N(CC2CCC2)C3)c1. The van der Waals surface area contributed by atoms with Gasteiger partial charge in [0.05, 0.1) is 7.11 Å². The minimum absolute atomic E-state index is 0.165. The van der Waals surface area contributed by atoms with Gasteiger partial charge in [-0.25, -0.2) is 0 Å². The molecule has 4 aliphatic rings. The van der Waals surface area contributed by atoms with Gasteiger partial charge in [0.25, 0.3) is 11.9 Å². The Morgan fingerprint density at radius 3 is 2.55 bits per heavy atom. The van der Waals surface area contributed by atoms with Crippen LogP contribution in [0.5, 0.6) is 5.75 Å². The lowest BCUT2D eigenvalue weighted by Crippen LogP contribution is -2.47. The molecule has 1 aromatic carbocycles. The molecule has 1 aromatic rings. The quantitative estimate of drug-likeness (QED) is 0.650. The predicted molar refractivity (Wildman–Crippen MR) is 125 cm³/mol. The van der Waals surface area contributed by atoms with E-state index in [1.165, 1.54) is 38.6 Å². The van der Waals surface area contributed by atoms with E-state index in [-0.39, 0.29) is 11.8 Å². The van der Waals surface area contributed by atoms with Gasteiger partial charge in [0.2, 0.25) is 5.91 Å². The number of carbonyl (C=O) groups is 3. The molecule has 0 radical (unpaired) electrons. The highest BCUT2D eigenvalue weighted by atomic mass is 16.5. The molecule has 3 heterocycles. The Kier molecular flexibility index (Phi) is 9.11. The van der Waals surface area contributed by atoms with Gasteiger partial charge in [-0.3, -0.25) is 19.3 Å². The minimum atomic E-state index is -0.833. The fourth-order valence-electron chi connectivity index (χ4n) is 4.92. The lowest BCUT2D eigenvalue weighted by Gasteiger charge is -2.40. The summed E-state index contributed by atoms with van der Waals surface area (Å²) in [5, 5.41) is 10.3. The van der Waals surface area contributed by atoms with E-state index in [0.29, 0.717) is 36.2 Å². The lowest BCUT2D eigenvalue weighted by atomic mass is 9.83. The van der Waals surface area contributed by atoms with Crippen molar-refractivity contribution in [2.45, 2.75) is 51.5 Å². The van der Waals surface area contributed by atoms with E-state index < -0.39 is 5.97 Å². The van der Waals surface area contributed by atoms with E-state index in [4.69, 9.17) is 14.6 Å². The van der Waals surface area contributed by atoms with Crippen LogP contribution in [-0.4, -0.2) is 78.6 Å².